The lowest BCUT2D eigenvalue weighted by molar-refractivity contribution is -0.115. The minimum absolute atomic E-state index is 0.177. The molecule has 2 aliphatic rings. The van der Waals surface area contributed by atoms with E-state index in [4.69, 9.17) is 9.47 Å². The van der Waals surface area contributed by atoms with E-state index in [2.05, 4.69) is 15.3 Å². The number of carbonyl (C=O) groups is 3. The smallest absolute Gasteiger partial charge is 0.407 e. The van der Waals surface area contributed by atoms with Gasteiger partial charge in [-0.1, -0.05) is 32.9 Å². The third-order valence-corrected chi connectivity index (χ3v) is 6.53. The summed E-state index contributed by atoms with van der Waals surface area (Å²) in [5, 5.41) is 11.4. The predicted molar refractivity (Wildman–Crippen MR) is 129 cm³/mol. The molecular formula is C24H26N4O6S. The Morgan fingerprint density at radius 3 is 2.69 bits per heavy atom. The zero-order valence-corrected chi connectivity index (χ0v) is 20.4. The summed E-state index contributed by atoms with van der Waals surface area (Å²) < 4.78 is 11.9. The highest BCUT2D eigenvalue weighted by molar-refractivity contribution is 8.18. The number of hydrogen-bond acceptors (Lipinski definition) is 8. The van der Waals surface area contributed by atoms with E-state index in [1.54, 1.807) is 36.4 Å². The number of rotatable bonds is 5. The number of benzene rings is 1. The summed E-state index contributed by atoms with van der Waals surface area (Å²) in [4.78, 5) is 44.9. The standard InChI is InChI=1S/C24H26N4O6S/c1-24(2,3)18-11-16(7-8-28(18)23(31)32)34-20-12-19(25-13-26-20)33-15-6-4-5-14(9-15)10-17-21(29)27-22(30)35-17/h4-6,9-10,12-13,16,18H,7-8,11H2,1-3H3,(H,31,32)(H,27,29,30)/b17-10-. The van der Waals surface area contributed by atoms with Crippen LogP contribution in [-0.2, 0) is 4.79 Å². The molecule has 2 N–H and O–H groups in total. The fourth-order valence-corrected chi connectivity index (χ4v) is 4.75. The van der Waals surface area contributed by atoms with Gasteiger partial charge in [0, 0.05) is 25.4 Å². The highest BCUT2D eigenvalue weighted by Gasteiger charge is 2.39. The molecule has 0 radical (unpaired) electrons. The van der Waals surface area contributed by atoms with E-state index in [0.717, 1.165) is 11.8 Å². The summed E-state index contributed by atoms with van der Waals surface area (Å²) in [5.74, 6) is 0.679. The first-order chi connectivity index (χ1) is 16.6. The average Bonchev–Trinajstić information content (AvgIpc) is 3.10. The molecule has 0 saturated carbocycles. The van der Waals surface area contributed by atoms with Crippen molar-refractivity contribution in [2.45, 2.75) is 45.8 Å². The molecule has 10 nitrogen and oxygen atoms in total. The highest BCUT2D eigenvalue weighted by Crippen LogP contribution is 2.34. The van der Waals surface area contributed by atoms with Crippen LogP contribution in [0.3, 0.4) is 0 Å². The number of ether oxygens (including phenoxy) is 2. The summed E-state index contributed by atoms with van der Waals surface area (Å²) in [6.45, 7) is 6.45. The van der Waals surface area contributed by atoms with E-state index in [-0.39, 0.29) is 23.4 Å². The van der Waals surface area contributed by atoms with Crippen molar-refractivity contribution in [2.24, 2.45) is 5.41 Å². The van der Waals surface area contributed by atoms with E-state index < -0.39 is 17.2 Å². The minimum atomic E-state index is -0.919. The van der Waals surface area contributed by atoms with Crippen LogP contribution in [0.15, 0.2) is 41.6 Å². The van der Waals surface area contributed by atoms with Gasteiger partial charge in [0.05, 0.1) is 11.0 Å². The third-order valence-electron chi connectivity index (χ3n) is 5.72. The Morgan fingerprint density at radius 1 is 1.23 bits per heavy atom. The second kappa shape index (κ2) is 9.95. The minimum Gasteiger partial charge on any atom is -0.474 e. The van der Waals surface area contributed by atoms with Crippen molar-refractivity contribution in [1.82, 2.24) is 20.2 Å². The van der Waals surface area contributed by atoms with Crippen molar-refractivity contribution in [1.29, 1.82) is 0 Å². The number of carboxylic acid groups (broad SMARTS) is 1. The van der Waals surface area contributed by atoms with Gasteiger partial charge in [-0.05, 0) is 40.9 Å². The lowest BCUT2D eigenvalue weighted by atomic mass is 9.80. The number of carbonyl (C=O) groups excluding carboxylic acids is 2. The van der Waals surface area contributed by atoms with Crippen molar-refractivity contribution >= 4 is 35.1 Å². The summed E-state index contributed by atoms with van der Waals surface area (Å²) >= 11 is 0.848. The Labute approximate surface area is 206 Å². The van der Waals surface area contributed by atoms with E-state index in [1.165, 1.54) is 11.2 Å². The Balaban J connectivity index is 1.44. The average molecular weight is 499 g/mol. The number of likely N-dealkylation sites (tertiary alicyclic amines) is 1. The lowest BCUT2D eigenvalue weighted by Gasteiger charge is -2.44. The molecule has 2 atom stereocenters. The maximum absolute atomic E-state index is 11.8. The van der Waals surface area contributed by atoms with Crippen LogP contribution >= 0.6 is 11.8 Å². The molecule has 1 aromatic carbocycles. The van der Waals surface area contributed by atoms with Gasteiger partial charge < -0.3 is 19.5 Å². The van der Waals surface area contributed by atoms with E-state index >= 15 is 0 Å². The van der Waals surface area contributed by atoms with Crippen molar-refractivity contribution in [3.8, 4) is 17.5 Å². The van der Waals surface area contributed by atoms with E-state index in [1.807, 2.05) is 20.8 Å². The zero-order valence-electron chi connectivity index (χ0n) is 19.6. The first-order valence-electron chi connectivity index (χ1n) is 11.1. The molecule has 2 aromatic rings. The van der Waals surface area contributed by atoms with Crippen LogP contribution in [0.5, 0.6) is 17.5 Å². The van der Waals surface area contributed by atoms with Crippen LogP contribution < -0.4 is 14.8 Å². The first-order valence-corrected chi connectivity index (χ1v) is 11.9. The number of thioether (sulfide) groups is 1. The molecule has 2 saturated heterocycles. The normalized spacial score (nSPS) is 21.7. The van der Waals surface area contributed by atoms with Gasteiger partial charge in [-0.25, -0.2) is 14.8 Å². The topological polar surface area (TPSA) is 131 Å². The molecule has 184 valence electrons. The molecule has 3 amide bonds. The van der Waals surface area contributed by atoms with Crippen LogP contribution in [-0.4, -0.2) is 55.9 Å². The van der Waals surface area contributed by atoms with Gasteiger partial charge in [-0.3, -0.25) is 14.9 Å². The van der Waals surface area contributed by atoms with Crippen LogP contribution in [0.4, 0.5) is 9.59 Å². The van der Waals surface area contributed by atoms with Gasteiger partial charge in [0.1, 0.15) is 18.2 Å². The molecule has 11 heteroatoms. The van der Waals surface area contributed by atoms with Crippen LogP contribution in [0, 0.1) is 5.41 Å². The summed E-state index contributed by atoms with van der Waals surface area (Å²) in [7, 11) is 0. The number of aromatic nitrogens is 2. The molecule has 2 aliphatic heterocycles. The fourth-order valence-electron chi connectivity index (χ4n) is 4.06. The fraction of sp³-hybridized carbons (Fsp3) is 0.375. The molecule has 0 spiro atoms. The van der Waals surface area contributed by atoms with Gasteiger partial charge in [0.15, 0.2) is 0 Å². The number of amides is 3. The maximum atomic E-state index is 11.8. The molecule has 3 heterocycles. The second-order valence-electron chi connectivity index (χ2n) is 9.34. The van der Waals surface area contributed by atoms with Crippen LogP contribution in [0.1, 0.15) is 39.2 Å². The summed E-state index contributed by atoms with van der Waals surface area (Å²) in [5.41, 5.74) is 0.463. The van der Waals surface area contributed by atoms with Crippen molar-refractivity contribution in [2.75, 3.05) is 6.54 Å². The highest BCUT2D eigenvalue weighted by atomic mass is 32.2. The molecule has 35 heavy (non-hydrogen) atoms. The van der Waals surface area contributed by atoms with Gasteiger partial charge in [0.25, 0.3) is 11.1 Å². The van der Waals surface area contributed by atoms with Gasteiger partial charge in [0.2, 0.25) is 11.8 Å². The van der Waals surface area contributed by atoms with E-state index in [9.17, 15) is 19.5 Å². The Morgan fingerprint density at radius 2 is 2.00 bits per heavy atom. The number of nitrogens with one attached hydrogen (secondary N) is 1. The SMILES string of the molecule is CC(C)(C)C1CC(Oc2cc(Oc3cccc(/C=C4\SC(=O)NC4=O)c3)ncn2)CCN1C(=O)O. The molecule has 4 rings (SSSR count). The number of piperidine rings is 1. The third kappa shape index (κ3) is 6.10. The summed E-state index contributed by atoms with van der Waals surface area (Å²) in [6, 6.07) is 8.43. The molecule has 2 unspecified atom stereocenters. The first kappa shape index (κ1) is 24.5. The number of imide groups is 1. The maximum Gasteiger partial charge on any atom is 0.407 e. The molecule has 1 aromatic heterocycles. The lowest BCUT2D eigenvalue weighted by Crippen LogP contribution is -2.53. The van der Waals surface area contributed by atoms with Gasteiger partial charge in [-0.15, -0.1) is 0 Å². The molecule has 2 fully saturated rings. The van der Waals surface area contributed by atoms with Gasteiger partial charge >= 0.3 is 6.09 Å². The monoisotopic (exact) mass is 498 g/mol. The van der Waals surface area contributed by atoms with Gasteiger partial charge in [-0.2, -0.15) is 0 Å². The zero-order chi connectivity index (χ0) is 25.2. The second-order valence-corrected chi connectivity index (χ2v) is 10.4. The van der Waals surface area contributed by atoms with Crippen molar-refractivity contribution in [3.63, 3.8) is 0 Å². The van der Waals surface area contributed by atoms with Crippen molar-refractivity contribution < 1.29 is 29.0 Å². The van der Waals surface area contributed by atoms with Crippen LogP contribution in [0.2, 0.25) is 0 Å². The Hall–Kier alpha value is -3.60. The largest absolute Gasteiger partial charge is 0.474 e. The quantitative estimate of drug-likeness (QED) is 0.571. The van der Waals surface area contributed by atoms with Crippen molar-refractivity contribution in [3.05, 3.63) is 47.1 Å². The number of nitrogens with zero attached hydrogens (tertiary/aromatic N) is 3. The predicted octanol–water partition coefficient (Wildman–Crippen LogP) is 4.53. The molecular weight excluding hydrogens is 472 g/mol. The Bertz CT molecular complexity index is 1180. The van der Waals surface area contributed by atoms with E-state index in [0.29, 0.717) is 41.5 Å². The molecule has 0 aliphatic carbocycles. The Kier molecular flexibility index (Phi) is 6.97. The molecule has 0 bridgehead atoms. The van der Waals surface area contributed by atoms with Crippen LogP contribution in [0.25, 0.3) is 6.08 Å². The summed E-state index contributed by atoms with van der Waals surface area (Å²) in [6.07, 6.45) is 2.96. The number of hydrogen-bond donors (Lipinski definition) is 2.